The van der Waals surface area contributed by atoms with Crippen molar-refractivity contribution in [3.8, 4) is 22.5 Å². The molecule has 0 fully saturated rings. The van der Waals surface area contributed by atoms with Crippen molar-refractivity contribution in [2.45, 2.75) is 40.0 Å². The van der Waals surface area contributed by atoms with Gasteiger partial charge in [0, 0.05) is 22.1 Å². The second-order valence-corrected chi connectivity index (χ2v) is 9.75. The van der Waals surface area contributed by atoms with Crippen molar-refractivity contribution in [3.05, 3.63) is 94.8 Å². The van der Waals surface area contributed by atoms with Crippen LogP contribution in [0.3, 0.4) is 0 Å². The Kier molecular flexibility index (Phi) is 3.89. The summed E-state index contributed by atoms with van der Waals surface area (Å²) in [5.74, 6) is 0. The number of fused-ring (bicyclic) bond motifs is 6. The summed E-state index contributed by atoms with van der Waals surface area (Å²) in [6.07, 6.45) is 1.74. The molecule has 32 heavy (non-hydrogen) atoms. The molecule has 0 unspecified atom stereocenters. The van der Waals surface area contributed by atoms with Crippen LogP contribution in [-0.2, 0) is 5.41 Å². The van der Waals surface area contributed by atoms with Crippen LogP contribution in [0.5, 0.6) is 0 Å². The minimum Gasteiger partial charge on any atom is -0.236 e. The molecule has 2 heteroatoms. The highest BCUT2D eigenvalue weighted by Crippen LogP contribution is 2.52. The molecule has 0 aliphatic heterocycles. The van der Waals surface area contributed by atoms with Gasteiger partial charge in [-0.25, -0.2) is 9.97 Å². The molecule has 0 saturated carbocycles. The van der Waals surface area contributed by atoms with Crippen molar-refractivity contribution >= 4 is 21.5 Å². The quantitative estimate of drug-likeness (QED) is 0.281. The molecule has 1 aliphatic rings. The lowest BCUT2D eigenvalue weighted by atomic mass is 9.80. The Morgan fingerprint density at radius 1 is 0.719 bits per heavy atom. The monoisotopic (exact) mass is 414 g/mol. The number of aryl methyl sites for hydroxylation is 3. The van der Waals surface area contributed by atoms with E-state index in [1.807, 2.05) is 0 Å². The van der Waals surface area contributed by atoms with Crippen LogP contribution in [0.1, 0.15) is 41.7 Å². The molecule has 1 aromatic heterocycles. The molecule has 2 nitrogen and oxygen atoms in total. The van der Waals surface area contributed by atoms with Crippen LogP contribution in [0.15, 0.2) is 67.0 Å². The van der Waals surface area contributed by atoms with Gasteiger partial charge in [-0.05, 0) is 71.1 Å². The Labute approximate surface area is 189 Å². The number of hydrogen-bond acceptors (Lipinski definition) is 2. The van der Waals surface area contributed by atoms with Gasteiger partial charge in [0.1, 0.15) is 6.33 Å². The number of nitrogens with zero attached hydrogens (tertiary/aromatic N) is 2. The number of rotatable bonds is 1. The minimum absolute atomic E-state index is 0.170. The van der Waals surface area contributed by atoms with Crippen LogP contribution in [0, 0.1) is 20.8 Å². The molecule has 0 spiro atoms. The van der Waals surface area contributed by atoms with Crippen molar-refractivity contribution in [2.75, 3.05) is 0 Å². The van der Waals surface area contributed by atoms with Crippen molar-refractivity contribution in [1.82, 2.24) is 9.97 Å². The smallest absolute Gasteiger partial charge is 0.116 e. The zero-order chi connectivity index (χ0) is 22.2. The molecule has 1 heterocycles. The molecule has 1 aliphatic carbocycles. The lowest BCUT2D eigenvalue weighted by molar-refractivity contribution is 0.658. The molecule has 4 aromatic carbocycles. The third-order valence-electron chi connectivity index (χ3n) is 7.17. The molecule has 0 bridgehead atoms. The number of aromatic nitrogens is 2. The zero-order valence-corrected chi connectivity index (χ0v) is 19.2. The molecule has 0 N–H and O–H groups in total. The summed E-state index contributed by atoms with van der Waals surface area (Å²) in [7, 11) is 0. The lowest BCUT2D eigenvalue weighted by Gasteiger charge is -2.23. The highest BCUT2D eigenvalue weighted by Gasteiger charge is 2.40. The van der Waals surface area contributed by atoms with Gasteiger partial charge in [-0.3, -0.25) is 0 Å². The Morgan fingerprint density at radius 3 is 2.31 bits per heavy atom. The van der Waals surface area contributed by atoms with E-state index in [2.05, 4.69) is 95.3 Å². The summed E-state index contributed by atoms with van der Waals surface area (Å²) in [5, 5.41) is 5.15. The van der Waals surface area contributed by atoms with Gasteiger partial charge in [-0.15, -0.1) is 0 Å². The van der Waals surface area contributed by atoms with E-state index in [-0.39, 0.29) is 5.41 Å². The first-order valence-corrected chi connectivity index (χ1v) is 11.3. The Balaban J connectivity index is 1.68. The topological polar surface area (TPSA) is 25.8 Å². The van der Waals surface area contributed by atoms with Gasteiger partial charge in [0.25, 0.3) is 0 Å². The first kappa shape index (κ1) is 19.2. The van der Waals surface area contributed by atoms with Crippen molar-refractivity contribution in [1.29, 1.82) is 0 Å². The molecule has 0 saturated heterocycles. The molecule has 0 amide bonds. The average molecular weight is 415 g/mol. The average Bonchev–Trinajstić information content (AvgIpc) is 3.00. The van der Waals surface area contributed by atoms with Crippen molar-refractivity contribution < 1.29 is 0 Å². The Hall–Kier alpha value is -3.52. The van der Waals surface area contributed by atoms with Crippen LogP contribution in [0.2, 0.25) is 0 Å². The van der Waals surface area contributed by atoms with E-state index >= 15 is 0 Å². The molecule has 0 radical (unpaired) electrons. The van der Waals surface area contributed by atoms with E-state index < -0.39 is 0 Å². The maximum absolute atomic E-state index is 4.86. The lowest BCUT2D eigenvalue weighted by Crippen LogP contribution is -2.17. The molecule has 0 atom stereocenters. The summed E-state index contributed by atoms with van der Waals surface area (Å²) in [4.78, 5) is 9.70. The molecule has 5 aromatic rings. The minimum atomic E-state index is -0.170. The summed E-state index contributed by atoms with van der Waals surface area (Å²) < 4.78 is 0. The fourth-order valence-electron chi connectivity index (χ4n) is 5.87. The van der Waals surface area contributed by atoms with Crippen LogP contribution >= 0.6 is 0 Å². The van der Waals surface area contributed by atoms with Crippen molar-refractivity contribution in [2.24, 2.45) is 0 Å². The van der Waals surface area contributed by atoms with Crippen LogP contribution in [0.25, 0.3) is 44.1 Å². The van der Waals surface area contributed by atoms with E-state index in [0.717, 1.165) is 11.4 Å². The van der Waals surface area contributed by atoms with Gasteiger partial charge in [0.15, 0.2) is 0 Å². The predicted octanol–water partition coefficient (Wildman–Crippen LogP) is 7.68. The van der Waals surface area contributed by atoms with Gasteiger partial charge >= 0.3 is 0 Å². The Bertz CT molecular complexity index is 1570. The summed E-state index contributed by atoms with van der Waals surface area (Å²) in [6, 6.07) is 22.3. The SMILES string of the molecule is Cc1cc(C)c2c(C)cc(-c3ncnc4c3C(C)(C)c3ccc5ccccc5c3-4)cc2c1. The predicted molar refractivity (Wildman–Crippen MR) is 134 cm³/mol. The molecule has 6 rings (SSSR count). The third-order valence-corrected chi connectivity index (χ3v) is 7.17. The van der Waals surface area contributed by atoms with Gasteiger partial charge in [-0.1, -0.05) is 67.9 Å². The maximum atomic E-state index is 4.86. The molecular weight excluding hydrogens is 388 g/mol. The van der Waals surface area contributed by atoms with E-state index in [1.54, 1.807) is 6.33 Å². The van der Waals surface area contributed by atoms with E-state index in [1.165, 1.54) is 60.5 Å². The van der Waals surface area contributed by atoms with Crippen LogP contribution in [-0.4, -0.2) is 9.97 Å². The first-order valence-electron chi connectivity index (χ1n) is 11.3. The van der Waals surface area contributed by atoms with E-state index in [0.29, 0.717) is 0 Å². The molecular formula is C30H26N2. The summed E-state index contributed by atoms with van der Waals surface area (Å²) in [5.41, 5.74) is 10.9. The maximum Gasteiger partial charge on any atom is 0.116 e. The van der Waals surface area contributed by atoms with Crippen LogP contribution in [0.4, 0.5) is 0 Å². The number of hydrogen-bond donors (Lipinski definition) is 0. The van der Waals surface area contributed by atoms with Gasteiger partial charge < -0.3 is 0 Å². The van der Waals surface area contributed by atoms with Crippen LogP contribution < -0.4 is 0 Å². The van der Waals surface area contributed by atoms with Crippen molar-refractivity contribution in [3.63, 3.8) is 0 Å². The van der Waals surface area contributed by atoms with Gasteiger partial charge in [0.2, 0.25) is 0 Å². The highest BCUT2D eigenvalue weighted by atomic mass is 14.9. The Morgan fingerprint density at radius 2 is 1.47 bits per heavy atom. The normalized spacial score (nSPS) is 14.0. The van der Waals surface area contributed by atoms with E-state index in [4.69, 9.17) is 9.97 Å². The molecule has 156 valence electrons. The second-order valence-electron chi connectivity index (χ2n) is 9.75. The van der Waals surface area contributed by atoms with Gasteiger partial charge in [0.05, 0.1) is 11.4 Å². The first-order chi connectivity index (χ1) is 15.4. The second kappa shape index (κ2) is 6.49. The number of benzene rings is 4. The van der Waals surface area contributed by atoms with E-state index in [9.17, 15) is 0 Å². The fraction of sp³-hybridized carbons (Fsp3) is 0.200. The zero-order valence-electron chi connectivity index (χ0n) is 19.2. The standard InChI is InChI=1S/C30H26N2/c1-17-12-18(2)25-19(3)14-22(15-21(25)13-17)28-27-29(32-16-31-28)26-23-9-7-6-8-20(23)10-11-24(26)30(27,4)5/h6-16H,1-5H3. The third kappa shape index (κ3) is 2.53. The summed E-state index contributed by atoms with van der Waals surface area (Å²) >= 11 is 0. The summed E-state index contributed by atoms with van der Waals surface area (Å²) in [6.45, 7) is 11.2. The highest BCUT2D eigenvalue weighted by molar-refractivity contribution is 6.03. The largest absolute Gasteiger partial charge is 0.236 e. The fourth-order valence-corrected chi connectivity index (χ4v) is 5.87. The van der Waals surface area contributed by atoms with Gasteiger partial charge in [-0.2, -0.15) is 0 Å².